The van der Waals surface area contributed by atoms with E-state index in [4.69, 9.17) is 0 Å². The molecule has 285 valence electrons. The Morgan fingerprint density at radius 3 is 1.71 bits per heavy atom. The molecule has 3 fully saturated rings. The van der Waals surface area contributed by atoms with E-state index in [1.807, 2.05) is 5.57 Å². The molecule has 0 saturated heterocycles. The second kappa shape index (κ2) is 22.1. The van der Waals surface area contributed by atoms with Crippen LogP contribution < -0.4 is 0 Å². The number of allylic oxidation sites excluding steroid dienone is 2. The largest absolute Gasteiger partial charge is 0.0845 e. The number of fused-ring (bicyclic) bond motifs is 5. The van der Waals surface area contributed by atoms with E-state index in [9.17, 15) is 0 Å². The minimum Gasteiger partial charge on any atom is -0.0845 e. The molecule has 0 amide bonds. The van der Waals surface area contributed by atoms with Crippen molar-refractivity contribution in [1.82, 2.24) is 0 Å². The molecule has 0 aromatic rings. The van der Waals surface area contributed by atoms with E-state index in [0.717, 1.165) is 47.8 Å². The van der Waals surface area contributed by atoms with Gasteiger partial charge in [0.05, 0.1) is 0 Å². The van der Waals surface area contributed by atoms with Gasteiger partial charge in [0.15, 0.2) is 0 Å². The topological polar surface area (TPSA) is 0 Å². The van der Waals surface area contributed by atoms with Gasteiger partial charge < -0.3 is 0 Å². The zero-order chi connectivity index (χ0) is 35.0. The van der Waals surface area contributed by atoms with Crippen LogP contribution in [0.4, 0.5) is 0 Å². The van der Waals surface area contributed by atoms with Crippen molar-refractivity contribution in [3.8, 4) is 0 Å². The van der Waals surface area contributed by atoms with Crippen molar-refractivity contribution >= 4 is 0 Å². The molecule has 4 unspecified atom stereocenters. The highest BCUT2D eigenvalue weighted by atomic mass is 14.6. The summed E-state index contributed by atoms with van der Waals surface area (Å²) < 4.78 is 0. The van der Waals surface area contributed by atoms with Gasteiger partial charge in [-0.2, -0.15) is 0 Å². The van der Waals surface area contributed by atoms with Crippen LogP contribution in [0, 0.1) is 59.2 Å². The Labute approximate surface area is 310 Å². The summed E-state index contributed by atoms with van der Waals surface area (Å²) in [4.78, 5) is 0. The molecule has 1 radical (unpaired) electrons. The minimum absolute atomic E-state index is 0.535. The highest BCUT2D eigenvalue weighted by Crippen LogP contribution is 2.67. The molecule has 0 nitrogen and oxygen atoms in total. The zero-order valence-corrected chi connectivity index (χ0v) is 34.5. The SMILES string of the molecule is [CH2]CCCCCCCCCCCCCCCCCCCCCC1CC[C@@]2(C)C(=CCC3C2CC[C@@]2(C)C3CC[C@@H]2[C@H](C)CCCC(C)C)C1. The summed E-state index contributed by atoms with van der Waals surface area (Å²) in [6, 6.07) is 0. The van der Waals surface area contributed by atoms with Crippen molar-refractivity contribution < 1.29 is 0 Å². The van der Waals surface area contributed by atoms with E-state index in [-0.39, 0.29) is 0 Å². The molecule has 0 aromatic heterocycles. The van der Waals surface area contributed by atoms with Crippen molar-refractivity contribution in [2.24, 2.45) is 52.3 Å². The van der Waals surface area contributed by atoms with E-state index in [1.54, 1.807) is 0 Å². The van der Waals surface area contributed by atoms with Crippen molar-refractivity contribution in [2.75, 3.05) is 0 Å². The smallest absolute Gasteiger partial charge is 0.00851 e. The summed E-state index contributed by atoms with van der Waals surface area (Å²) >= 11 is 0. The van der Waals surface area contributed by atoms with Crippen molar-refractivity contribution in [3.63, 3.8) is 0 Å². The lowest BCUT2D eigenvalue weighted by molar-refractivity contribution is -0.0529. The molecule has 4 aliphatic rings. The van der Waals surface area contributed by atoms with Crippen LogP contribution in [0.2, 0.25) is 0 Å². The van der Waals surface area contributed by atoms with Crippen LogP contribution in [0.5, 0.6) is 0 Å². The lowest BCUT2D eigenvalue weighted by atomic mass is 9.46. The summed E-state index contributed by atoms with van der Waals surface area (Å²) in [6.07, 6.45) is 49.8. The van der Waals surface area contributed by atoms with Crippen LogP contribution in [0.1, 0.15) is 240 Å². The molecule has 0 bridgehead atoms. The van der Waals surface area contributed by atoms with E-state index in [1.165, 1.54) is 199 Å². The monoisotopic (exact) mass is 678 g/mol. The highest BCUT2D eigenvalue weighted by molar-refractivity contribution is 5.25. The summed E-state index contributed by atoms with van der Waals surface area (Å²) in [5.74, 6) is 6.75. The molecule has 4 aliphatic carbocycles. The summed E-state index contributed by atoms with van der Waals surface area (Å²) in [6.45, 7) is 16.9. The predicted octanol–water partition coefficient (Wildman–Crippen LogP) is 16.7. The lowest BCUT2D eigenvalue weighted by Crippen LogP contribution is -2.50. The van der Waals surface area contributed by atoms with Gasteiger partial charge in [0.2, 0.25) is 0 Å². The highest BCUT2D eigenvalue weighted by Gasteiger charge is 2.59. The summed E-state index contributed by atoms with van der Waals surface area (Å²) in [5.41, 5.74) is 3.09. The molecular weight excluding hydrogens is 589 g/mol. The van der Waals surface area contributed by atoms with Crippen LogP contribution in [-0.4, -0.2) is 0 Å². The first-order chi connectivity index (χ1) is 23.8. The molecule has 4 rings (SSSR count). The van der Waals surface area contributed by atoms with Gasteiger partial charge in [0.25, 0.3) is 0 Å². The Morgan fingerprint density at radius 2 is 1.16 bits per heavy atom. The number of hydrogen-bond acceptors (Lipinski definition) is 0. The molecule has 0 aromatic carbocycles. The normalized spacial score (nSPS) is 31.7. The quantitative estimate of drug-likeness (QED) is 0.0631. The van der Waals surface area contributed by atoms with Gasteiger partial charge in [-0.3, -0.25) is 0 Å². The summed E-state index contributed by atoms with van der Waals surface area (Å²) in [5, 5.41) is 0. The maximum atomic E-state index is 3.95. The van der Waals surface area contributed by atoms with Crippen LogP contribution in [0.15, 0.2) is 11.6 Å². The third-order valence-electron chi connectivity index (χ3n) is 15.8. The molecule has 0 heteroatoms. The second-order valence-corrected chi connectivity index (χ2v) is 19.8. The fourth-order valence-electron chi connectivity index (χ4n) is 12.6. The number of rotatable bonds is 26. The van der Waals surface area contributed by atoms with Gasteiger partial charge in [0, 0.05) is 0 Å². The second-order valence-electron chi connectivity index (χ2n) is 19.8. The van der Waals surface area contributed by atoms with Crippen LogP contribution >= 0.6 is 0 Å². The van der Waals surface area contributed by atoms with Gasteiger partial charge in [-0.05, 0) is 104 Å². The fourth-order valence-corrected chi connectivity index (χ4v) is 12.6. The standard InChI is InChI=1S/C49H89/c1-7-8-9-10-11-12-13-14-15-16-17-18-19-20-21-22-23-24-25-26-30-42-35-37-48(5)43(39-42)31-32-44-46-34-33-45(41(4)29-27-28-40(2)3)49(46,6)38-36-47(44)48/h31,40-42,44-47H,1,7-30,32-39H2,2-6H3/t41-,42?,44?,45-,46?,47?,48+,49-/m1/s1. The van der Waals surface area contributed by atoms with E-state index in [2.05, 4.69) is 47.6 Å². The molecule has 0 aliphatic heterocycles. The van der Waals surface area contributed by atoms with Gasteiger partial charge in [0.1, 0.15) is 0 Å². The maximum Gasteiger partial charge on any atom is -0.00851 e. The molecule has 0 spiro atoms. The molecule has 3 saturated carbocycles. The van der Waals surface area contributed by atoms with Gasteiger partial charge in [-0.25, -0.2) is 0 Å². The van der Waals surface area contributed by atoms with E-state index < -0.39 is 0 Å². The molecule has 8 atom stereocenters. The van der Waals surface area contributed by atoms with Crippen LogP contribution in [-0.2, 0) is 0 Å². The summed E-state index contributed by atoms with van der Waals surface area (Å²) in [7, 11) is 0. The number of hydrogen-bond donors (Lipinski definition) is 0. The fraction of sp³-hybridized carbons (Fsp3) is 0.939. The Balaban J connectivity index is 1.02. The Bertz CT molecular complexity index is 896. The van der Waals surface area contributed by atoms with Gasteiger partial charge >= 0.3 is 0 Å². The van der Waals surface area contributed by atoms with Crippen LogP contribution in [0.25, 0.3) is 0 Å². The van der Waals surface area contributed by atoms with Crippen LogP contribution in [0.3, 0.4) is 0 Å². The third kappa shape index (κ3) is 12.4. The first-order valence-corrected chi connectivity index (χ1v) is 23.3. The average molecular weight is 678 g/mol. The van der Waals surface area contributed by atoms with Crippen molar-refractivity contribution in [1.29, 1.82) is 0 Å². The maximum absolute atomic E-state index is 3.95. The predicted molar refractivity (Wildman–Crippen MR) is 219 cm³/mol. The first kappa shape index (κ1) is 41.5. The Hall–Kier alpha value is -0.260. The molecule has 0 N–H and O–H groups in total. The van der Waals surface area contributed by atoms with Gasteiger partial charge in [-0.15, -0.1) is 0 Å². The van der Waals surface area contributed by atoms with Gasteiger partial charge in [-0.1, -0.05) is 207 Å². The average Bonchev–Trinajstić information content (AvgIpc) is 3.44. The van der Waals surface area contributed by atoms with E-state index >= 15 is 0 Å². The zero-order valence-electron chi connectivity index (χ0n) is 34.5. The molecular formula is C49H89. The Morgan fingerprint density at radius 1 is 0.612 bits per heavy atom. The minimum atomic E-state index is 0.535. The van der Waals surface area contributed by atoms with E-state index in [0.29, 0.717) is 10.8 Å². The first-order valence-electron chi connectivity index (χ1n) is 23.3. The molecule has 0 heterocycles. The molecule has 49 heavy (non-hydrogen) atoms. The number of unbranched alkanes of at least 4 members (excludes halogenated alkanes) is 19. The third-order valence-corrected chi connectivity index (χ3v) is 15.8. The lowest BCUT2D eigenvalue weighted by Gasteiger charge is -2.58. The van der Waals surface area contributed by atoms with Crippen molar-refractivity contribution in [3.05, 3.63) is 18.6 Å². The Kier molecular flexibility index (Phi) is 18.7. The van der Waals surface area contributed by atoms with Crippen molar-refractivity contribution in [2.45, 2.75) is 240 Å².